The number of nitrogens with zero attached hydrogens (tertiary/aromatic N) is 4. The number of allylic oxidation sites excluding steroid dienone is 1. The largest absolute Gasteiger partial charge is 0.462 e. The average Bonchev–Trinajstić information content (AvgIpc) is 4.08. The molecule has 4 rings (SSSR count). The zero-order chi connectivity index (χ0) is 47.8. The van der Waals surface area contributed by atoms with E-state index >= 15 is 0 Å². The molecule has 11 atom stereocenters. The first-order chi connectivity index (χ1) is 31.0. The predicted octanol–water partition coefficient (Wildman–Crippen LogP) is 6.75. The van der Waals surface area contributed by atoms with Gasteiger partial charge in [0, 0.05) is 66.2 Å². The van der Waals surface area contributed by atoms with Crippen LogP contribution in [0.3, 0.4) is 0 Å². The molecule has 6 bridgehead atoms. The summed E-state index contributed by atoms with van der Waals surface area (Å²) in [5.74, 6) is -3.32. The number of amides is 1. The second-order valence-corrected chi connectivity index (χ2v) is 16.7. The lowest BCUT2D eigenvalue weighted by atomic mass is 9.84. The second kappa shape index (κ2) is 25.2. The van der Waals surface area contributed by atoms with Gasteiger partial charge in [0.25, 0.3) is 0 Å². The van der Waals surface area contributed by atoms with Gasteiger partial charge in [-0.1, -0.05) is 52.8 Å². The summed E-state index contributed by atoms with van der Waals surface area (Å²) >= 11 is 0. The molecule has 1 aliphatic heterocycles. The van der Waals surface area contributed by atoms with E-state index in [0.717, 1.165) is 0 Å². The smallest absolute Gasteiger partial charge is 0.308 e. The first-order valence-electron chi connectivity index (χ1n) is 21.7. The summed E-state index contributed by atoms with van der Waals surface area (Å²) in [5.41, 5.74) is 0.978. The van der Waals surface area contributed by atoms with Crippen molar-refractivity contribution in [1.29, 1.82) is 0 Å². The van der Waals surface area contributed by atoms with Crippen molar-refractivity contribution in [2.75, 3.05) is 28.4 Å². The van der Waals surface area contributed by atoms with E-state index in [1.165, 1.54) is 49.9 Å². The van der Waals surface area contributed by atoms with E-state index in [4.69, 9.17) is 36.9 Å². The van der Waals surface area contributed by atoms with Crippen LogP contribution in [0.15, 0.2) is 62.5 Å². The molecule has 4 heterocycles. The molecule has 0 radical (unpaired) electrons. The fourth-order valence-corrected chi connectivity index (χ4v) is 7.67. The molecule has 356 valence electrons. The molecule has 0 spiro atoms. The molecule has 65 heavy (non-hydrogen) atoms. The highest BCUT2D eigenvalue weighted by Gasteiger charge is 2.35. The van der Waals surface area contributed by atoms with Crippen molar-refractivity contribution >= 4 is 36.0 Å². The van der Waals surface area contributed by atoms with Gasteiger partial charge < -0.3 is 46.9 Å². The highest BCUT2D eigenvalue weighted by atomic mass is 16.6. The summed E-state index contributed by atoms with van der Waals surface area (Å²) in [6.07, 6.45) is 10.8. The second-order valence-electron chi connectivity index (χ2n) is 16.7. The molecule has 0 fully saturated rings. The number of methoxy groups -OCH3 is 3. The van der Waals surface area contributed by atoms with Gasteiger partial charge in [0.05, 0.1) is 36.6 Å². The van der Waals surface area contributed by atoms with Crippen LogP contribution in [0, 0.1) is 29.6 Å². The van der Waals surface area contributed by atoms with Crippen molar-refractivity contribution in [3.05, 3.63) is 60.9 Å². The Balaban J connectivity index is 1.55. The van der Waals surface area contributed by atoms with E-state index in [2.05, 4.69) is 15.0 Å². The number of ether oxygens (including phenoxy) is 5. The molecule has 1 N–H and O–H groups in total. The fourth-order valence-electron chi connectivity index (χ4n) is 7.67. The van der Waals surface area contributed by atoms with Gasteiger partial charge in [-0.3, -0.25) is 24.0 Å². The molecule has 1 aliphatic rings. The zero-order valence-corrected chi connectivity index (χ0v) is 38.9. The molecule has 18 nitrogen and oxygen atoms in total. The van der Waals surface area contributed by atoms with Crippen LogP contribution in [-0.4, -0.2) is 114 Å². The molecule has 3 aromatic heterocycles. The van der Waals surface area contributed by atoms with Gasteiger partial charge in [-0.2, -0.15) is 0 Å². The maximum atomic E-state index is 13.6. The Bertz CT molecular complexity index is 2100. The number of aromatic nitrogens is 3. The average molecular weight is 909 g/mol. The lowest BCUT2D eigenvalue weighted by Gasteiger charge is -2.34. The van der Waals surface area contributed by atoms with Crippen LogP contribution in [0.2, 0.25) is 0 Å². The van der Waals surface area contributed by atoms with Crippen LogP contribution in [0.4, 0.5) is 0 Å². The molecule has 0 aliphatic carbocycles. The van der Waals surface area contributed by atoms with Crippen molar-refractivity contribution in [2.24, 2.45) is 29.6 Å². The number of aliphatic hydroxyl groups excluding tert-OH is 1. The van der Waals surface area contributed by atoms with Crippen molar-refractivity contribution in [3.63, 3.8) is 0 Å². The van der Waals surface area contributed by atoms with Gasteiger partial charge in [0.1, 0.15) is 48.6 Å². The van der Waals surface area contributed by atoms with Crippen LogP contribution >= 0.6 is 0 Å². The van der Waals surface area contributed by atoms with Gasteiger partial charge in [-0.25, -0.2) is 15.0 Å². The quantitative estimate of drug-likeness (QED) is 0.116. The number of Topliss-reactive ketones (excluding diaryl/α,β-unsaturated/α-hetero) is 1. The highest BCUT2D eigenvalue weighted by Crippen LogP contribution is 2.32. The van der Waals surface area contributed by atoms with Gasteiger partial charge in [0.15, 0.2) is 17.2 Å². The molecule has 1 amide bonds. The number of hydrogen-bond donors (Lipinski definition) is 1. The maximum Gasteiger partial charge on any atom is 0.308 e. The minimum absolute atomic E-state index is 0.00470. The predicted molar refractivity (Wildman–Crippen MR) is 235 cm³/mol. The third-order valence-electron chi connectivity index (χ3n) is 11.8. The Hall–Kier alpha value is -5.56. The van der Waals surface area contributed by atoms with Crippen LogP contribution in [0.25, 0.3) is 29.2 Å². The Morgan fingerprint density at radius 3 is 2.29 bits per heavy atom. The van der Waals surface area contributed by atoms with Gasteiger partial charge in [-0.05, 0) is 37.3 Å². The summed E-state index contributed by atoms with van der Waals surface area (Å²) in [6, 6.07) is 0. The molecule has 3 aromatic rings. The van der Waals surface area contributed by atoms with E-state index < -0.39 is 66.3 Å². The molecule has 0 saturated heterocycles. The molecule has 18 heteroatoms. The Kier molecular flexibility index (Phi) is 20.2. The SMILES string of the molecule is CO[C@H]1CC=Cc2nc(co2)-c2nc(co2)-c2nc(co2)[C@@H](OC)[C@@H](C)C(=O)/C=C/C[C@H](O)CC(=O)O[C@@H](C[C@H](OC)[C@@H](C)CCC(=O)[C@H](C)[C@H](OC(C)=O)[C@H](C)/C=C/N(C)C=O)[C@@H]1C. The summed E-state index contributed by atoms with van der Waals surface area (Å²) in [5, 5.41) is 10.9. The molecule has 0 unspecified atom stereocenters. The molecular formula is C47H64N4O14. The van der Waals surface area contributed by atoms with E-state index in [1.54, 1.807) is 53.5 Å². The number of carbonyl (C=O) groups is 5. The van der Waals surface area contributed by atoms with Crippen LogP contribution < -0.4 is 0 Å². The monoisotopic (exact) mass is 908 g/mol. The van der Waals surface area contributed by atoms with Gasteiger partial charge in [0.2, 0.25) is 24.1 Å². The third-order valence-corrected chi connectivity index (χ3v) is 11.8. The summed E-state index contributed by atoms with van der Waals surface area (Å²) in [7, 11) is 6.14. The number of hydrogen-bond acceptors (Lipinski definition) is 17. The fraction of sp³-hybridized carbons (Fsp3) is 0.574. The minimum Gasteiger partial charge on any atom is -0.462 e. The number of carbonyl (C=O) groups excluding carboxylic acids is 5. The van der Waals surface area contributed by atoms with Crippen molar-refractivity contribution in [3.8, 4) is 23.2 Å². The normalized spacial score (nSPS) is 24.2. The number of cyclic esters (lactones) is 1. The maximum absolute atomic E-state index is 13.6. The molecule has 0 aromatic carbocycles. The van der Waals surface area contributed by atoms with E-state index in [0.29, 0.717) is 36.3 Å². The van der Waals surface area contributed by atoms with Crippen LogP contribution in [-0.2, 0) is 47.7 Å². The standard InChI is InChI=1S/C47H64N4O14/c1-27(17-18-38(56)29(3)44(64-32(6)53)28(2)19-20-51(7)26-52)40(59-9)22-41-31(5)39(58-8)15-12-16-42-48-35(24-61-42)46-50-36(25-63-46)47-49-34(23-62-47)45(60-10)30(4)37(55)14-11-13-33(54)21-43(57)65-41/h11-12,14,16,19-20,23-31,33,39-41,44-45,54H,13,15,17-18,21-22H2,1-10H3/b14-11+,16-12?,20-19+/t27-,28+,29-,30-,31+,33-,39-,40-,41-,44+,45-/m0/s1. The minimum atomic E-state index is -1.16. The number of fused-ring (bicyclic) bond motifs is 8. The lowest BCUT2D eigenvalue weighted by Crippen LogP contribution is -2.39. The van der Waals surface area contributed by atoms with Gasteiger partial charge in [-0.15, -0.1) is 0 Å². The van der Waals surface area contributed by atoms with Crippen molar-refractivity contribution in [2.45, 2.75) is 117 Å². The van der Waals surface area contributed by atoms with Crippen molar-refractivity contribution < 1.29 is 66.0 Å². The number of rotatable bonds is 16. The lowest BCUT2D eigenvalue weighted by molar-refractivity contribution is -0.159. The van der Waals surface area contributed by atoms with E-state index in [-0.39, 0.29) is 66.8 Å². The Labute approximate surface area is 379 Å². The topological polar surface area (TPSA) is 233 Å². The first kappa shape index (κ1) is 52.1. The summed E-state index contributed by atoms with van der Waals surface area (Å²) in [6.45, 7) is 10.3. The zero-order valence-electron chi connectivity index (χ0n) is 38.9. The van der Waals surface area contributed by atoms with E-state index in [1.807, 2.05) is 26.8 Å². The van der Waals surface area contributed by atoms with Crippen molar-refractivity contribution in [1.82, 2.24) is 19.9 Å². The Morgan fingerprint density at radius 2 is 1.62 bits per heavy atom. The number of ketones is 2. The Morgan fingerprint density at radius 1 is 0.938 bits per heavy atom. The van der Waals surface area contributed by atoms with E-state index in [9.17, 15) is 29.1 Å². The van der Waals surface area contributed by atoms with Crippen LogP contribution in [0.1, 0.15) is 97.8 Å². The molecule has 0 saturated carbocycles. The first-order valence-corrected chi connectivity index (χ1v) is 21.7. The molecular weight excluding hydrogens is 845 g/mol. The highest BCUT2D eigenvalue weighted by molar-refractivity contribution is 5.92. The summed E-state index contributed by atoms with van der Waals surface area (Å²) < 4.78 is 46.2. The number of oxazole rings is 3. The number of esters is 2. The summed E-state index contributed by atoms with van der Waals surface area (Å²) in [4.78, 5) is 78.2. The number of aliphatic hydroxyl groups is 1. The van der Waals surface area contributed by atoms with Crippen LogP contribution in [0.5, 0.6) is 0 Å². The van der Waals surface area contributed by atoms with Gasteiger partial charge >= 0.3 is 11.9 Å². The third kappa shape index (κ3) is 15.0.